The van der Waals surface area contributed by atoms with Crippen molar-refractivity contribution in [3.05, 3.63) is 35.4 Å². The highest BCUT2D eigenvalue weighted by Crippen LogP contribution is 2.20. The molecule has 25 heavy (non-hydrogen) atoms. The number of urea groups is 1. The molecule has 0 bridgehead atoms. The molecule has 0 saturated carbocycles. The summed E-state index contributed by atoms with van der Waals surface area (Å²) in [7, 11) is 5.63. The Morgan fingerprint density at radius 2 is 1.96 bits per heavy atom. The van der Waals surface area contributed by atoms with Crippen molar-refractivity contribution in [2.24, 2.45) is 0 Å². The third-order valence-corrected chi connectivity index (χ3v) is 4.91. The molecule has 2 N–H and O–H groups in total. The minimum atomic E-state index is -0.355. The van der Waals surface area contributed by atoms with Gasteiger partial charge in [0.05, 0.1) is 6.04 Å². The molecule has 1 fully saturated rings. The van der Waals surface area contributed by atoms with E-state index >= 15 is 0 Å². The Labute approximate surface area is 150 Å². The number of likely N-dealkylation sites (N-methyl/N-ethyl adjacent to an activating group) is 2. The van der Waals surface area contributed by atoms with Gasteiger partial charge in [-0.1, -0.05) is 31.2 Å². The minimum absolute atomic E-state index is 0.0908. The van der Waals surface area contributed by atoms with Crippen molar-refractivity contribution in [2.75, 3.05) is 34.2 Å². The van der Waals surface area contributed by atoms with Gasteiger partial charge in [0, 0.05) is 20.1 Å². The van der Waals surface area contributed by atoms with Crippen LogP contribution in [0.5, 0.6) is 0 Å². The number of amides is 3. The lowest BCUT2D eigenvalue weighted by atomic mass is 10.0. The van der Waals surface area contributed by atoms with E-state index in [0.29, 0.717) is 13.1 Å². The van der Waals surface area contributed by atoms with E-state index in [9.17, 15) is 9.59 Å². The maximum atomic E-state index is 12.6. The van der Waals surface area contributed by atoms with Crippen LogP contribution in [0.25, 0.3) is 0 Å². The topological polar surface area (TPSA) is 64.7 Å². The summed E-state index contributed by atoms with van der Waals surface area (Å²) in [6.07, 6.45) is 2.60. The average Bonchev–Trinajstić information content (AvgIpc) is 3.11. The lowest BCUT2D eigenvalue weighted by molar-refractivity contribution is -0.124. The molecular formula is C19H30N4O2. The summed E-state index contributed by atoms with van der Waals surface area (Å²) < 4.78 is 0. The van der Waals surface area contributed by atoms with Crippen LogP contribution in [0.1, 0.15) is 36.9 Å². The second kappa shape index (κ2) is 8.85. The fourth-order valence-electron chi connectivity index (χ4n) is 3.31. The quantitative estimate of drug-likeness (QED) is 0.825. The fourth-order valence-corrected chi connectivity index (χ4v) is 3.31. The molecule has 6 heteroatoms. The molecule has 1 aliphatic heterocycles. The molecule has 0 radical (unpaired) electrons. The zero-order valence-corrected chi connectivity index (χ0v) is 15.7. The lowest BCUT2D eigenvalue weighted by Crippen LogP contribution is -2.50. The predicted octanol–water partition coefficient (Wildman–Crippen LogP) is 1.77. The predicted molar refractivity (Wildman–Crippen MR) is 99.4 cm³/mol. The van der Waals surface area contributed by atoms with E-state index in [1.807, 2.05) is 14.1 Å². The van der Waals surface area contributed by atoms with Gasteiger partial charge in [0.1, 0.15) is 6.04 Å². The second-order valence-corrected chi connectivity index (χ2v) is 6.73. The summed E-state index contributed by atoms with van der Waals surface area (Å²) in [4.78, 5) is 28.2. The molecule has 0 aromatic heterocycles. The minimum Gasteiger partial charge on any atom is -0.357 e. The zero-order valence-electron chi connectivity index (χ0n) is 15.7. The van der Waals surface area contributed by atoms with Gasteiger partial charge in [-0.15, -0.1) is 0 Å². The first-order valence-corrected chi connectivity index (χ1v) is 8.99. The highest BCUT2D eigenvalue weighted by molar-refractivity contribution is 5.87. The van der Waals surface area contributed by atoms with Gasteiger partial charge < -0.3 is 20.4 Å². The Morgan fingerprint density at radius 1 is 1.28 bits per heavy atom. The first-order valence-electron chi connectivity index (χ1n) is 8.99. The maximum absolute atomic E-state index is 12.6. The molecule has 6 nitrogen and oxygen atoms in total. The maximum Gasteiger partial charge on any atom is 0.318 e. The molecule has 0 unspecified atom stereocenters. The van der Waals surface area contributed by atoms with Crippen molar-refractivity contribution in [2.45, 2.75) is 38.3 Å². The lowest BCUT2D eigenvalue weighted by Gasteiger charge is -2.28. The largest absolute Gasteiger partial charge is 0.357 e. The number of nitrogens with one attached hydrogen (secondary N) is 2. The van der Waals surface area contributed by atoms with Crippen LogP contribution < -0.4 is 10.6 Å². The van der Waals surface area contributed by atoms with Crippen molar-refractivity contribution >= 4 is 11.9 Å². The summed E-state index contributed by atoms with van der Waals surface area (Å²) in [6, 6.07) is 8.09. The third kappa shape index (κ3) is 4.72. The van der Waals surface area contributed by atoms with E-state index in [1.165, 1.54) is 11.1 Å². The molecule has 1 aliphatic rings. The summed E-state index contributed by atoms with van der Waals surface area (Å²) >= 11 is 0. The Balaban J connectivity index is 2.00. The monoisotopic (exact) mass is 346 g/mol. The van der Waals surface area contributed by atoms with Crippen LogP contribution in [-0.2, 0) is 11.2 Å². The molecule has 1 aromatic carbocycles. The molecule has 0 aliphatic carbocycles. The van der Waals surface area contributed by atoms with Crippen LogP contribution in [0.3, 0.4) is 0 Å². The van der Waals surface area contributed by atoms with Gasteiger partial charge in [0.25, 0.3) is 0 Å². The molecule has 0 spiro atoms. The van der Waals surface area contributed by atoms with E-state index < -0.39 is 0 Å². The van der Waals surface area contributed by atoms with Crippen molar-refractivity contribution in [3.63, 3.8) is 0 Å². The molecule has 1 aromatic rings. The van der Waals surface area contributed by atoms with Crippen LogP contribution >= 0.6 is 0 Å². The summed E-state index contributed by atoms with van der Waals surface area (Å²) in [6.45, 7) is 3.27. The number of hydrogen-bond donors (Lipinski definition) is 2. The Bertz CT molecular complexity index is 586. The van der Waals surface area contributed by atoms with Crippen LogP contribution in [0, 0.1) is 0 Å². The standard InChI is InChI=1S/C19H30N4O2/c1-5-14-8-10-15(11-9-14)17(22(3)4)13-21-19(25)23-12-6-7-16(23)18(24)20-2/h8-11,16-17H,5-7,12-13H2,1-4H3,(H,20,24)(H,21,25)/t16-,17-/m0/s1. The van der Waals surface area contributed by atoms with E-state index in [4.69, 9.17) is 0 Å². The molecule has 2 atom stereocenters. The van der Waals surface area contributed by atoms with Gasteiger partial charge in [0.15, 0.2) is 0 Å². The number of rotatable bonds is 6. The SMILES string of the molecule is CCc1ccc([C@H](CNC(=O)N2CCC[C@H]2C(=O)NC)N(C)C)cc1. The highest BCUT2D eigenvalue weighted by Gasteiger charge is 2.33. The van der Waals surface area contributed by atoms with Gasteiger partial charge in [-0.3, -0.25) is 4.79 Å². The van der Waals surface area contributed by atoms with E-state index in [1.54, 1.807) is 11.9 Å². The molecule has 1 heterocycles. The average molecular weight is 346 g/mol. The smallest absolute Gasteiger partial charge is 0.318 e. The fraction of sp³-hybridized carbons (Fsp3) is 0.579. The summed E-state index contributed by atoms with van der Waals surface area (Å²) in [5.74, 6) is -0.0908. The Morgan fingerprint density at radius 3 is 2.52 bits per heavy atom. The Hall–Kier alpha value is -2.08. The van der Waals surface area contributed by atoms with Crippen LogP contribution in [-0.4, -0.2) is 62.0 Å². The highest BCUT2D eigenvalue weighted by atomic mass is 16.2. The number of carbonyl (C=O) groups excluding carboxylic acids is 2. The zero-order chi connectivity index (χ0) is 18.4. The van der Waals surface area contributed by atoms with Gasteiger partial charge in [-0.05, 0) is 44.5 Å². The molecule has 2 rings (SSSR count). The second-order valence-electron chi connectivity index (χ2n) is 6.73. The number of carbonyl (C=O) groups is 2. The third-order valence-electron chi connectivity index (χ3n) is 4.91. The molecule has 3 amide bonds. The van der Waals surface area contributed by atoms with Crippen LogP contribution in [0.4, 0.5) is 4.79 Å². The molecule has 1 saturated heterocycles. The number of aryl methyl sites for hydroxylation is 1. The summed E-state index contributed by atoms with van der Waals surface area (Å²) in [5, 5.41) is 5.65. The van der Waals surface area contributed by atoms with Crippen molar-refractivity contribution in [3.8, 4) is 0 Å². The van der Waals surface area contributed by atoms with Crippen molar-refractivity contribution in [1.29, 1.82) is 0 Å². The first kappa shape index (κ1) is 19.2. The van der Waals surface area contributed by atoms with Gasteiger partial charge in [-0.2, -0.15) is 0 Å². The normalized spacial score (nSPS) is 18.3. The molecular weight excluding hydrogens is 316 g/mol. The first-order chi connectivity index (χ1) is 12.0. The van der Waals surface area contributed by atoms with Crippen molar-refractivity contribution in [1.82, 2.24) is 20.4 Å². The number of hydrogen-bond acceptors (Lipinski definition) is 3. The summed E-state index contributed by atoms with van der Waals surface area (Å²) in [5.41, 5.74) is 2.47. The number of nitrogens with zero attached hydrogens (tertiary/aromatic N) is 2. The number of benzene rings is 1. The Kier molecular flexibility index (Phi) is 6.82. The van der Waals surface area contributed by atoms with E-state index in [2.05, 4.69) is 46.7 Å². The van der Waals surface area contributed by atoms with Gasteiger partial charge in [0.2, 0.25) is 5.91 Å². The van der Waals surface area contributed by atoms with Crippen molar-refractivity contribution < 1.29 is 9.59 Å². The molecule has 138 valence electrons. The van der Waals surface area contributed by atoms with Crippen LogP contribution in [0.2, 0.25) is 0 Å². The van der Waals surface area contributed by atoms with Gasteiger partial charge >= 0.3 is 6.03 Å². The number of likely N-dealkylation sites (tertiary alicyclic amines) is 1. The van der Waals surface area contributed by atoms with Crippen LogP contribution in [0.15, 0.2) is 24.3 Å². The van der Waals surface area contributed by atoms with Gasteiger partial charge in [-0.25, -0.2) is 4.79 Å². The van der Waals surface area contributed by atoms with E-state index in [-0.39, 0.29) is 24.0 Å². The van der Waals surface area contributed by atoms with E-state index in [0.717, 1.165) is 19.3 Å².